The van der Waals surface area contributed by atoms with E-state index in [-0.39, 0.29) is 23.3 Å². The number of nitrogens with zero attached hydrogens (tertiary/aromatic N) is 4. The van der Waals surface area contributed by atoms with Crippen molar-refractivity contribution in [1.29, 1.82) is 0 Å². The van der Waals surface area contributed by atoms with Crippen LogP contribution in [0.15, 0.2) is 81.7 Å². The standard InChI is InChI=1S/C34H32BrN5O3S/c1-21-17-25(31(36-18-21)39-19-34(20-39)13-15-43-16-14-34)32(41)37-24-9-7-23(8-10-24)33(42)40-22(2)30(28-11-12-29(35)44-28)38-26-5-3-4-6-27(26)40/h3-12,17-18,22H,13-16,19-20H2,1-2H3,(H,37,41)/t22-/m0/s1. The first-order chi connectivity index (χ1) is 21.3. The number of pyridine rings is 1. The Labute approximate surface area is 268 Å². The summed E-state index contributed by atoms with van der Waals surface area (Å²) in [6, 6.07) is 20.4. The third-order valence-electron chi connectivity index (χ3n) is 8.75. The molecular formula is C34H32BrN5O3S. The number of hydrogen-bond donors (Lipinski definition) is 1. The molecule has 8 nitrogen and oxygen atoms in total. The van der Waals surface area contributed by atoms with E-state index in [9.17, 15) is 9.59 Å². The van der Waals surface area contributed by atoms with Crippen LogP contribution in [0.4, 0.5) is 22.9 Å². The minimum absolute atomic E-state index is 0.129. The Balaban J connectivity index is 1.09. The maximum Gasteiger partial charge on any atom is 0.259 e. The number of fused-ring (bicyclic) bond motifs is 1. The van der Waals surface area contributed by atoms with E-state index in [0.29, 0.717) is 22.6 Å². The Morgan fingerprint density at radius 1 is 1.05 bits per heavy atom. The Bertz CT molecular complexity index is 1770. The highest BCUT2D eigenvalue weighted by molar-refractivity contribution is 9.11. The average Bonchev–Trinajstić information content (AvgIpc) is 3.46. The second-order valence-corrected chi connectivity index (χ2v) is 14.3. The van der Waals surface area contributed by atoms with E-state index in [0.717, 1.165) is 70.5 Å². The molecule has 10 heteroatoms. The summed E-state index contributed by atoms with van der Waals surface area (Å²) in [6.45, 7) is 7.31. The first-order valence-electron chi connectivity index (χ1n) is 14.8. The van der Waals surface area contributed by atoms with E-state index < -0.39 is 0 Å². The van der Waals surface area contributed by atoms with Crippen LogP contribution in [0, 0.1) is 12.3 Å². The fraction of sp³-hybridized carbons (Fsp3) is 0.294. The summed E-state index contributed by atoms with van der Waals surface area (Å²) in [4.78, 5) is 42.1. The number of hydrogen-bond acceptors (Lipinski definition) is 7. The van der Waals surface area contributed by atoms with E-state index in [2.05, 4.69) is 31.1 Å². The molecular weight excluding hydrogens is 638 g/mol. The largest absolute Gasteiger partial charge is 0.381 e. The molecule has 3 aliphatic rings. The lowest BCUT2D eigenvalue weighted by Gasteiger charge is -2.53. The summed E-state index contributed by atoms with van der Waals surface area (Å²) in [7, 11) is 0. The number of ether oxygens (including phenoxy) is 1. The fourth-order valence-corrected chi connectivity index (χ4v) is 7.82. The third kappa shape index (κ3) is 5.35. The number of aliphatic imine (C=N–C) groups is 1. The number of carbonyl (C=O) groups is 2. The van der Waals surface area contributed by atoms with Crippen molar-refractivity contribution in [2.45, 2.75) is 32.7 Å². The summed E-state index contributed by atoms with van der Waals surface area (Å²) in [5.41, 5.74) is 5.27. The quantitative estimate of drug-likeness (QED) is 0.242. The van der Waals surface area contributed by atoms with Crippen molar-refractivity contribution in [3.8, 4) is 0 Å². The molecule has 2 fully saturated rings. The third-order valence-corrected chi connectivity index (χ3v) is 10.4. The maximum absolute atomic E-state index is 14.0. The van der Waals surface area contributed by atoms with Gasteiger partial charge in [-0.2, -0.15) is 0 Å². The molecule has 2 aromatic carbocycles. The smallest absolute Gasteiger partial charge is 0.259 e. The molecule has 2 saturated heterocycles. The van der Waals surface area contributed by atoms with Gasteiger partial charge in [0.1, 0.15) is 5.82 Å². The second kappa shape index (κ2) is 11.6. The van der Waals surface area contributed by atoms with Gasteiger partial charge in [-0.05, 0) is 103 Å². The molecule has 224 valence electrons. The molecule has 44 heavy (non-hydrogen) atoms. The lowest BCUT2D eigenvalue weighted by molar-refractivity contribution is -0.000509. The van der Waals surface area contributed by atoms with Crippen LogP contribution >= 0.6 is 27.3 Å². The molecule has 1 atom stereocenters. The zero-order valence-corrected chi connectivity index (χ0v) is 27.0. The summed E-state index contributed by atoms with van der Waals surface area (Å²) in [5, 5.41) is 3.03. The molecule has 0 unspecified atom stereocenters. The van der Waals surface area contributed by atoms with Gasteiger partial charge in [0.15, 0.2) is 0 Å². The fourth-order valence-electron chi connectivity index (χ4n) is 6.36. The average molecular weight is 671 g/mol. The monoisotopic (exact) mass is 669 g/mol. The van der Waals surface area contributed by atoms with Crippen LogP contribution in [-0.2, 0) is 4.74 Å². The molecule has 5 heterocycles. The van der Waals surface area contributed by atoms with Crippen molar-refractivity contribution < 1.29 is 14.3 Å². The van der Waals surface area contributed by atoms with Crippen LogP contribution in [0.3, 0.4) is 0 Å². The highest BCUT2D eigenvalue weighted by Crippen LogP contribution is 2.43. The molecule has 0 radical (unpaired) electrons. The Morgan fingerprint density at radius 3 is 2.52 bits per heavy atom. The summed E-state index contributed by atoms with van der Waals surface area (Å²) < 4.78 is 6.57. The highest BCUT2D eigenvalue weighted by Gasteiger charge is 2.45. The minimum atomic E-state index is -0.267. The topological polar surface area (TPSA) is 87.1 Å². The lowest BCUT2D eigenvalue weighted by atomic mass is 9.73. The number of thiophene rings is 1. The first kappa shape index (κ1) is 28.9. The molecule has 1 N–H and O–H groups in total. The van der Waals surface area contributed by atoms with Crippen molar-refractivity contribution in [1.82, 2.24) is 4.98 Å². The van der Waals surface area contributed by atoms with Crippen LogP contribution < -0.4 is 15.1 Å². The zero-order valence-electron chi connectivity index (χ0n) is 24.5. The number of benzene rings is 2. The highest BCUT2D eigenvalue weighted by atomic mass is 79.9. The number of para-hydroxylation sites is 2. The van der Waals surface area contributed by atoms with Crippen LogP contribution in [-0.4, -0.2) is 54.9 Å². The predicted molar refractivity (Wildman–Crippen MR) is 179 cm³/mol. The van der Waals surface area contributed by atoms with Gasteiger partial charge >= 0.3 is 0 Å². The molecule has 2 amide bonds. The minimum Gasteiger partial charge on any atom is -0.381 e. The molecule has 2 aromatic heterocycles. The van der Waals surface area contributed by atoms with E-state index in [1.165, 1.54) is 0 Å². The summed E-state index contributed by atoms with van der Waals surface area (Å²) in [5.74, 6) is 0.366. The molecule has 3 aliphatic heterocycles. The van der Waals surface area contributed by atoms with Crippen LogP contribution in [0.25, 0.3) is 0 Å². The lowest BCUT2D eigenvalue weighted by Crippen LogP contribution is -2.59. The van der Waals surface area contributed by atoms with E-state index in [4.69, 9.17) is 9.73 Å². The number of rotatable bonds is 5. The van der Waals surface area contributed by atoms with Crippen molar-refractivity contribution in [2.75, 3.05) is 41.4 Å². The van der Waals surface area contributed by atoms with Crippen LogP contribution in [0.1, 0.15) is 50.9 Å². The second-order valence-electron chi connectivity index (χ2n) is 11.8. The molecule has 4 aromatic rings. The number of aromatic nitrogens is 1. The normalized spacial score (nSPS) is 18.8. The van der Waals surface area contributed by atoms with Crippen molar-refractivity contribution in [3.63, 3.8) is 0 Å². The van der Waals surface area contributed by atoms with Gasteiger partial charge in [0.25, 0.3) is 11.8 Å². The van der Waals surface area contributed by atoms with Crippen LogP contribution in [0.2, 0.25) is 0 Å². The van der Waals surface area contributed by atoms with E-state index >= 15 is 0 Å². The molecule has 7 rings (SSSR count). The van der Waals surface area contributed by atoms with Gasteiger partial charge in [0.05, 0.1) is 37.4 Å². The summed E-state index contributed by atoms with van der Waals surface area (Å²) >= 11 is 5.15. The van der Waals surface area contributed by atoms with E-state index in [1.807, 2.05) is 67.4 Å². The first-order valence-corrected chi connectivity index (χ1v) is 16.4. The SMILES string of the molecule is Cc1cnc(N2CC3(CCOCC3)C2)c(C(=O)Nc2ccc(C(=O)N3c4ccccc4N=C(c4ccc(Br)s4)[C@@H]3C)cc2)c1. The Hall–Kier alpha value is -3.86. The number of halogens is 1. The van der Waals surface area contributed by atoms with Crippen molar-refractivity contribution in [2.24, 2.45) is 10.4 Å². The number of aryl methyl sites for hydroxylation is 1. The number of carbonyl (C=O) groups excluding carboxylic acids is 2. The van der Waals surface area contributed by atoms with Crippen molar-refractivity contribution in [3.05, 3.63) is 98.3 Å². The zero-order chi connectivity index (χ0) is 30.4. The Kier molecular flexibility index (Phi) is 7.60. The Morgan fingerprint density at radius 2 is 1.80 bits per heavy atom. The molecule has 1 spiro atoms. The molecule has 0 aliphatic carbocycles. The van der Waals surface area contributed by atoms with Gasteiger partial charge in [0, 0.05) is 49.2 Å². The summed E-state index contributed by atoms with van der Waals surface area (Å²) in [6.07, 6.45) is 3.90. The predicted octanol–water partition coefficient (Wildman–Crippen LogP) is 7.25. The van der Waals surface area contributed by atoms with Gasteiger partial charge in [-0.1, -0.05) is 12.1 Å². The van der Waals surface area contributed by atoms with Gasteiger partial charge in [-0.25, -0.2) is 9.98 Å². The van der Waals surface area contributed by atoms with Gasteiger partial charge in [-0.15, -0.1) is 11.3 Å². The van der Waals surface area contributed by atoms with Crippen LogP contribution in [0.5, 0.6) is 0 Å². The van der Waals surface area contributed by atoms with Gasteiger partial charge in [0.2, 0.25) is 0 Å². The van der Waals surface area contributed by atoms with E-state index in [1.54, 1.807) is 35.6 Å². The number of amides is 2. The number of anilines is 3. The van der Waals surface area contributed by atoms with Crippen molar-refractivity contribution >= 4 is 67.7 Å². The number of nitrogens with one attached hydrogen (secondary N) is 1. The van der Waals surface area contributed by atoms with Gasteiger partial charge in [-0.3, -0.25) is 14.5 Å². The van der Waals surface area contributed by atoms with Gasteiger partial charge < -0.3 is 15.0 Å². The molecule has 0 saturated carbocycles. The maximum atomic E-state index is 14.0. The molecule has 0 bridgehead atoms.